The van der Waals surface area contributed by atoms with E-state index >= 15 is 0 Å². The number of nitrogens with zero attached hydrogens (tertiary/aromatic N) is 1. The summed E-state index contributed by atoms with van der Waals surface area (Å²) in [4.78, 5) is 4.17. The van der Waals surface area contributed by atoms with Crippen molar-refractivity contribution in [3.05, 3.63) is 47.7 Å². The monoisotopic (exact) mass is 249 g/mol. The summed E-state index contributed by atoms with van der Waals surface area (Å²) in [6.07, 6.45) is 5.28. The lowest BCUT2D eigenvalue weighted by Gasteiger charge is -1.98. The molecule has 4 heteroatoms. The highest BCUT2D eigenvalue weighted by Gasteiger charge is 1.98. The molecule has 0 amide bonds. The van der Waals surface area contributed by atoms with Crippen LogP contribution in [-0.4, -0.2) is 12.1 Å². The van der Waals surface area contributed by atoms with Gasteiger partial charge in [-0.05, 0) is 23.8 Å². The van der Waals surface area contributed by atoms with Crippen LogP contribution in [-0.2, 0) is 5.88 Å². The molecule has 0 atom stereocenters. The van der Waals surface area contributed by atoms with Gasteiger partial charge in [-0.1, -0.05) is 12.1 Å². The summed E-state index contributed by atoms with van der Waals surface area (Å²) >= 11 is 5.63. The second-order valence-corrected chi connectivity index (χ2v) is 3.68. The third-order valence-corrected chi connectivity index (χ3v) is 2.51. The van der Waals surface area contributed by atoms with E-state index in [1.807, 2.05) is 30.3 Å². The molecule has 0 spiro atoms. The predicted octanol–water partition coefficient (Wildman–Crippen LogP) is 3.59. The van der Waals surface area contributed by atoms with Crippen LogP contribution in [0.5, 0.6) is 5.75 Å². The topological polar surface area (TPSA) is 35.3 Å². The molecule has 2 aromatic rings. The zero-order valence-electron chi connectivity index (χ0n) is 9.39. The number of hydrogen-bond donors (Lipinski definition) is 0. The summed E-state index contributed by atoms with van der Waals surface area (Å²) in [6, 6.07) is 7.72. The second-order valence-electron chi connectivity index (χ2n) is 3.42. The van der Waals surface area contributed by atoms with Gasteiger partial charge in [-0.3, -0.25) is 0 Å². The van der Waals surface area contributed by atoms with Crippen molar-refractivity contribution in [1.82, 2.24) is 4.98 Å². The zero-order chi connectivity index (χ0) is 12.1. The second kappa shape index (κ2) is 5.55. The van der Waals surface area contributed by atoms with Crippen LogP contribution in [0.3, 0.4) is 0 Å². The molecule has 88 valence electrons. The first-order valence-electron chi connectivity index (χ1n) is 5.14. The number of ether oxygens (including phenoxy) is 1. The summed E-state index contributed by atoms with van der Waals surface area (Å²) in [5.74, 6) is 1.75. The number of halogens is 1. The van der Waals surface area contributed by atoms with Crippen LogP contribution < -0.4 is 4.74 Å². The minimum Gasteiger partial charge on any atom is -0.497 e. The van der Waals surface area contributed by atoms with Crippen LogP contribution in [0.4, 0.5) is 0 Å². The Labute approximate surface area is 105 Å². The van der Waals surface area contributed by atoms with E-state index < -0.39 is 0 Å². The lowest BCUT2D eigenvalue weighted by atomic mass is 10.2. The average molecular weight is 250 g/mol. The van der Waals surface area contributed by atoms with Crippen molar-refractivity contribution in [1.29, 1.82) is 0 Å². The first-order chi connectivity index (χ1) is 8.31. The number of benzene rings is 1. The number of rotatable bonds is 4. The summed E-state index contributed by atoms with van der Waals surface area (Å²) < 4.78 is 10.3. The molecule has 0 aliphatic heterocycles. The standard InChI is InChI=1S/C13H12ClNO2/c1-16-12-5-2-10(3-6-12)4-7-13-15-11(8-14)9-17-13/h2-7,9H,8H2,1H3/b7-4+. The van der Waals surface area contributed by atoms with E-state index in [4.69, 9.17) is 20.8 Å². The van der Waals surface area contributed by atoms with Gasteiger partial charge in [-0.2, -0.15) is 0 Å². The molecule has 0 N–H and O–H groups in total. The molecular weight excluding hydrogens is 238 g/mol. The van der Waals surface area contributed by atoms with Crippen molar-refractivity contribution < 1.29 is 9.15 Å². The highest BCUT2D eigenvalue weighted by Crippen LogP contribution is 2.14. The van der Waals surface area contributed by atoms with Gasteiger partial charge in [-0.25, -0.2) is 4.98 Å². The highest BCUT2D eigenvalue weighted by atomic mass is 35.5. The van der Waals surface area contributed by atoms with E-state index in [0.717, 1.165) is 17.0 Å². The van der Waals surface area contributed by atoms with Gasteiger partial charge in [0.25, 0.3) is 0 Å². The maximum atomic E-state index is 5.63. The lowest BCUT2D eigenvalue weighted by molar-refractivity contribution is 0.415. The fraction of sp³-hybridized carbons (Fsp3) is 0.154. The first-order valence-corrected chi connectivity index (χ1v) is 5.68. The van der Waals surface area contributed by atoms with Crippen molar-refractivity contribution in [2.45, 2.75) is 5.88 Å². The molecule has 1 aromatic carbocycles. The zero-order valence-corrected chi connectivity index (χ0v) is 10.1. The molecule has 0 bridgehead atoms. The fourth-order valence-corrected chi connectivity index (χ4v) is 1.47. The van der Waals surface area contributed by atoms with Gasteiger partial charge in [0.2, 0.25) is 5.89 Å². The molecule has 2 rings (SSSR count). The fourth-order valence-electron chi connectivity index (χ4n) is 1.34. The largest absolute Gasteiger partial charge is 0.497 e. The van der Waals surface area contributed by atoms with Crippen LogP contribution in [0.2, 0.25) is 0 Å². The molecule has 17 heavy (non-hydrogen) atoms. The Morgan fingerprint density at radius 3 is 2.65 bits per heavy atom. The predicted molar refractivity (Wildman–Crippen MR) is 68.0 cm³/mol. The third kappa shape index (κ3) is 3.11. The van der Waals surface area contributed by atoms with Crippen LogP contribution in [0.1, 0.15) is 17.1 Å². The molecule has 0 unspecified atom stereocenters. The van der Waals surface area contributed by atoms with E-state index in [0.29, 0.717) is 11.8 Å². The van der Waals surface area contributed by atoms with Crippen molar-refractivity contribution in [3.8, 4) is 5.75 Å². The van der Waals surface area contributed by atoms with Crippen LogP contribution in [0.25, 0.3) is 12.2 Å². The van der Waals surface area contributed by atoms with Gasteiger partial charge in [0.05, 0.1) is 18.7 Å². The van der Waals surface area contributed by atoms with Crippen molar-refractivity contribution in [3.63, 3.8) is 0 Å². The number of methoxy groups -OCH3 is 1. The van der Waals surface area contributed by atoms with Crippen molar-refractivity contribution in [2.24, 2.45) is 0 Å². The minimum absolute atomic E-state index is 0.361. The normalized spacial score (nSPS) is 10.9. The number of alkyl halides is 1. The van der Waals surface area contributed by atoms with Crippen LogP contribution in [0.15, 0.2) is 34.9 Å². The summed E-state index contributed by atoms with van der Waals surface area (Å²) in [6.45, 7) is 0. The Bertz CT molecular complexity index is 502. The molecule has 1 aromatic heterocycles. The molecule has 0 saturated carbocycles. The van der Waals surface area contributed by atoms with E-state index in [2.05, 4.69) is 4.98 Å². The summed E-state index contributed by atoms with van der Waals surface area (Å²) in [7, 11) is 1.64. The van der Waals surface area contributed by atoms with Gasteiger partial charge in [0.15, 0.2) is 0 Å². The van der Waals surface area contributed by atoms with E-state index in [1.54, 1.807) is 19.4 Å². The molecule has 3 nitrogen and oxygen atoms in total. The van der Waals surface area contributed by atoms with Gasteiger partial charge < -0.3 is 9.15 Å². The molecule has 0 aliphatic rings. The Morgan fingerprint density at radius 2 is 2.06 bits per heavy atom. The lowest BCUT2D eigenvalue weighted by Crippen LogP contribution is -1.81. The quantitative estimate of drug-likeness (QED) is 0.777. The molecule has 0 saturated heterocycles. The van der Waals surface area contributed by atoms with Gasteiger partial charge in [0.1, 0.15) is 12.0 Å². The Hall–Kier alpha value is -1.74. The SMILES string of the molecule is COc1ccc(/C=C/c2nc(CCl)co2)cc1. The van der Waals surface area contributed by atoms with Gasteiger partial charge in [-0.15, -0.1) is 11.6 Å². The number of hydrogen-bond acceptors (Lipinski definition) is 3. The van der Waals surface area contributed by atoms with E-state index in [9.17, 15) is 0 Å². The Balaban J connectivity index is 2.08. The molecular formula is C13H12ClNO2. The highest BCUT2D eigenvalue weighted by molar-refractivity contribution is 6.16. The minimum atomic E-state index is 0.361. The maximum absolute atomic E-state index is 5.63. The first kappa shape index (κ1) is 11.7. The molecule has 0 radical (unpaired) electrons. The molecule has 0 fully saturated rings. The van der Waals surface area contributed by atoms with Crippen molar-refractivity contribution in [2.75, 3.05) is 7.11 Å². The summed E-state index contributed by atoms with van der Waals surface area (Å²) in [5.41, 5.74) is 1.79. The Morgan fingerprint density at radius 1 is 1.29 bits per heavy atom. The third-order valence-electron chi connectivity index (χ3n) is 2.24. The Kier molecular flexibility index (Phi) is 3.83. The maximum Gasteiger partial charge on any atom is 0.218 e. The average Bonchev–Trinajstić information content (AvgIpc) is 2.85. The number of aromatic nitrogens is 1. The van der Waals surface area contributed by atoms with E-state index in [1.165, 1.54) is 0 Å². The van der Waals surface area contributed by atoms with Crippen LogP contribution >= 0.6 is 11.6 Å². The van der Waals surface area contributed by atoms with Gasteiger partial charge in [0, 0.05) is 6.08 Å². The number of oxazole rings is 1. The van der Waals surface area contributed by atoms with Gasteiger partial charge >= 0.3 is 0 Å². The van der Waals surface area contributed by atoms with Crippen molar-refractivity contribution >= 4 is 23.8 Å². The summed E-state index contributed by atoms with van der Waals surface area (Å²) in [5, 5.41) is 0. The molecule has 1 heterocycles. The van der Waals surface area contributed by atoms with Crippen LogP contribution in [0, 0.1) is 0 Å². The molecule has 0 aliphatic carbocycles. The smallest absolute Gasteiger partial charge is 0.218 e. The van der Waals surface area contributed by atoms with E-state index in [-0.39, 0.29) is 0 Å².